The molecule has 1 saturated heterocycles. The molecule has 2 fully saturated rings. The van der Waals surface area contributed by atoms with Gasteiger partial charge in [-0.2, -0.15) is 0 Å². The predicted molar refractivity (Wildman–Crippen MR) is 71.3 cm³/mol. The van der Waals surface area contributed by atoms with Crippen LogP contribution in [0.4, 0.5) is 11.5 Å². The van der Waals surface area contributed by atoms with Crippen LogP contribution in [-0.4, -0.2) is 16.8 Å². The maximum atomic E-state index is 12.7. The molecule has 2 heterocycles. The molecule has 1 aliphatic heterocycles. The molecular weight excluding hydrogens is 242 g/mol. The van der Waals surface area contributed by atoms with E-state index in [1.165, 1.54) is 4.90 Å². The van der Waals surface area contributed by atoms with Crippen LogP contribution in [0.1, 0.15) is 38.5 Å². The van der Waals surface area contributed by atoms with Crippen molar-refractivity contribution in [3.63, 3.8) is 0 Å². The largest absolute Gasteiger partial charge is 0.396 e. The molecule has 0 unspecified atom stereocenters. The Balaban J connectivity index is 1.98. The molecule has 1 aliphatic carbocycles. The Morgan fingerprint density at radius 2 is 1.95 bits per heavy atom. The third-order valence-electron chi connectivity index (χ3n) is 4.24. The number of carbonyl (C=O) groups is 2. The van der Waals surface area contributed by atoms with Crippen molar-refractivity contribution in [2.24, 2.45) is 5.41 Å². The minimum Gasteiger partial charge on any atom is -0.396 e. The summed E-state index contributed by atoms with van der Waals surface area (Å²) in [7, 11) is 0. The quantitative estimate of drug-likeness (QED) is 0.781. The second-order valence-corrected chi connectivity index (χ2v) is 5.47. The number of nitrogens with two attached hydrogens (primary N) is 1. The van der Waals surface area contributed by atoms with Gasteiger partial charge in [0.05, 0.1) is 11.1 Å². The summed E-state index contributed by atoms with van der Waals surface area (Å²) in [6.45, 7) is 0. The fourth-order valence-electron chi connectivity index (χ4n) is 3.22. The van der Waals surface area contributed by atoms with E-state index in [-0.39, 0.29) is 11.8 Å². The van der Waals surface area contributed by atoms with Crippen LogP contribution in [0.5, 0.6) is 0 Å². The molecule has 0 aromatic carbocycles. The highest BCUT2D eigenvalue weighted by Crippen LogP contribution is 2.46. The topological polar surface area (TPSA) is 76.3 Å². The summed E-state index contributed by atoms with van der Waals surface area (Å²) in [6.07, 6.45) is 6.66. The van der Waals surface area contributed by atoms with E-state index in [2.05, 4.69) is 4.98 Å². The van der Waals surface area contributed by atoms with Crippen molar-refractivity contribution in [3.05, 3.63) is 18.3 Å². The van der Waals surface area contributed by atoms with Gasteiger partial charge in [0.1, 0.15) is 0 Å². The number of hydrogen-bond donors (Lipinski definition) is 1. The summed E-state index contributed by atoms with van der Waals surface area (Å²) in [4.78, 5) is 30.2. The van der Waals surface area contributed by atoms with Crippen molar-refractivity contribution < 1.29 is 9.59 Å². The molecule has 0 radical (unpaired) electrons. The smallest absolute Gasteiger partial charge is 0.241 e. The van der Waals surface area contributed by atoms with Gasteiger partial charge in [0, 0.05) is 12.6 Å². The van der Waals surface area contributed by atoms with Gasteiger partial charge >= 0.3 is 0 Å². The van der Waals surface area contributed by atoms with Gasteiger partial charge < -0.3 is 5.73 Å². The number of amides is 2. The molecule has 2 amide bonds. The van der Waals surface area contributed by atoms with Crippen molar-refractivity contribution in [2.45, 2.75) is 38.5 Å². The molecule has 5 nitrogen and oxygen atoms in total. The summed E-state index contributed by atoms with van der Waals surface area (Å²) in [5.74, 6) is 0.0137. The van der Waals surface area contributed by atoms with Crippen LogP contribution in [0, 0.1) is 5.41 Å². The van der Waals surface area contributed by atoms with Crippen LogP contribution in [0.3, 0.4) is 0 Å². The number of anilines is 2. The molecule has 19 heavy (non-hydrogen) atoms. The molecule has 5 heteroatoms. The van der Waals surface area contributed by atoms with Crippen LogP contribution in [0.25, 0.3) is 0 Å². The molecule has 1 aromatic rings. The number of carbonyl (C=O) groups excluding carboxylic acids is 2. The van der Waals surface area contributed by atoms with Gasteiger partial charge in [-0.1, -0.05) is 19.3 Å². The van der Waals surface area contributed by atoms with Crippen molar-refractivity contribution >= 4 is 23.3 Å². The first-order chi connectivity index (χ1) is 9.14. The Hall–Kier alpha value is -1.91. The summed E-state index contributed by atoms with van der Waals surface area (Å²) in [5, 5.41) is 0. The number of nitrogens with zero attached hydrogens (tertiary/aromatic N) is 2. The van der Waals surface area contributed by atoms with E-state index in [1.807, 2.05) is 0 Å². The number of nitrogen functional groups attached to an aromatic ring is 1. The second kappa shape index (κ2) is 4.33. The molecule has 1 saturated carbocycles. The molecular formula is C14H17N3O2. The average Bonchev–Trinajstić information content (AvgIpc) is 2.63. The van der Waals surface area contributed by atoms with E-state index >= 15 is 0 Å². The van der Waals surface area contributed by atoms with Gasteiger partial charge in [-0.05, 0) is 25.0 Å². The van der Waals surface area contributed by atoms with E-state index < -0.39 is 5.41 Å². The summed E-state index contributed by atoms with van der Waals surface area (Å²) in [6, 6.07) is 3.36. The van der Waals surface area contributed by atoms with Crippen LogP contribution in [0.2, 0.25) is 0 Å². The Bertz CT molecular complexity index is 535. The summed E-state index contributed by atoms with van der Waals surface area (Å²) < 4.78 is 0. The second-order valence-electron chi connectivity index (χ2n) is 5.47. The van der Waals surface area contributed by atoms with E-state index in [1.54, 1.807) is 18.3 Å². The van der Waals surface area contributed by atoms with Gasteiger partial charge in [-0.15, -0.1) is 0 Å². The highest BCUT2D eigenvalue weighted by molar-refractivity contribution is 6.23. The Labute approximate surface area is 111 Å². The van der Waals surface area contributed by atoms with Gasteiger partial charge in [-0.3, -0.25) is 9.59 Å². The van der Waals surface area contributed by atoms with Crippen LogP contribution >= 0.6 is 0 Å². The van der Waals surface area contributed by atoms with Crippen molar-refractivity contribution in [3.8, 4) is 0 Å². The monoisotopic (exact) mass is 259 g/mol. The van der Waals surface area contributed by atoms with Crippen molar-refractivity contribution in [1.29, 1.82) is 0 Å². The normalized spacial score (nSPS) is 22.2. The van der Waals surface area contributed by atoms with Crippen molar-refractivity contribution in [1.82, 2.24) is 4.98 Å². The first-order valence-electron chi connectivity index (χ1n) is 6.72. The summed E-state index contributed by atoms with van der Waals surface area (Å²) >= 11 is 0. The fraction of sp³-hybridized carbons (Fsp3) is 0.500. The van der Waals surface area contributed by atoms with Crippen LogP contribution in [0.15, 0.2) is 18.3 Å². The van der Waals surface area contributed by atoms with E-state index in [9.17, 15) is 9.59 Å². The first kappa shape index (κ1) is 12.1. The maximum Gasteiger partial charge on any atom is 0.241 e. The number of hydrogen-bond acceptors (Lipinski definition) is 4. The molecule has 3 rings (SSSR count). The molecule has 2 N–H and O–H groups in total. The number of rotatable bonds is 1. The molecule has 2 aliphatic rings. The van der Waals surface area contributed by atoms with E-state index in [0.29, 0.717) is 17.9 Å². The minimum absolute atomic E-state index is 0.109. The highest BCUT2D eigenvalue weighted by Gasteiger charge is 2.52. The maximum absolute atomic E-state index is 12.7. The average molecular weight is 259 g/mol. The zero-order chi connectivity index (χ0) is 13.5. The van der Waals surface area contributed by atoms with Gasteiger partial charge in [0.2, 0.25) is 11.8 Å². The SMILES string of the molecule is Nc1cccnc1N1C(=O)CC2(CCCCC2)C1=O. The third kappa shape index (κ3) is 1.80. The Morgan fingerprint density at radius 1 is 1.21 bits per heavy atom. The summed E-state index contributed by atoms with van der Waals surface area (Å²) in [5.41, 5.74) is 5.72. The molecule has 100 valence electrons. The van der Waals surface area contributed by atoms with Crippen molar-refractivity contribution in [2.75, 3.05) is 10.6 Å². The fourth-order valence-corrected chi connectivity index (χ4v) is 3.22. The Morgan fingerprint density at radius 3 is 2.63 bits per heavy atom. The Kier molecular flexibility index (Phi) is 2.77. The molecule has 1 spiro atoms. The molecule has 1 aromatic heterocycles. The van der Waals surface area contributed by atoms with Gasteiger partial charge in [0.15, 0.2) is 5.82 Å². The number of imide groups is 1. The zero-order valence-electron chi connectivity index (χ0n) is 10.8. The molecule has 0 bridgehead atoms. The molecule has 0 atom stereocenters. The lowest BCUT2D eigenvalue weighted by Gasteiger charge is -2.30. The van der Waals surface area contributed by atoms with Gasteiger partial charge in [-0.25, -0.2) is 9.88 Å². The minimum atomic E-state index is -0.487. The predicted octanol–water partition coefficient (Wildman–Crippen LogP) is 1.88. The highest BCUT2D eigenvalue weighted by atomic mass is 16.2. The zero-order valence-corrected chi connectivity index (χ0v) is 10.8. The van der Waals surface area contributed by atoms with E-state index in [4.69, 9.17) is 5.73 Å². The van der Waals surface area contributed by atoms with Crippen LogP contribution in [-0.2, 0) is 9.59 Å². The van der Waals surface area contributed by atoms with E-state index in [0.717, 1.165) is 32.1 Å². The standard InChI is InChI=1S/C14H17N3O2/c15-10-5-4-8-16-12(10)17-11(18)9-14(13(17)19)6-2-1-3-7-14/h4-5,8H,1-3,6-7,9,15H2. The third-order valence-corrected chi connectivity index (χ3v) is 4.24. The lowest BCUT2D eigenvalue weighted by molar-refractivity contribution is -0.127. The van der Waals surface area contributed by atoms with Gasteiger partial charge in [0.25, 0.3) is 0 Å². The van der Waals surface area contributed by atoms with Crippen LogP contribution < -0.4 is 10.6 Å². The number of pyridine rings is 1. The number of aromatic nitrogens is 1. The first-order valence-corrected chi connectivity index (χ1v) is 6.72. The lowest BCUT2D eigenvalue weighted by atomic mass is 9.73. The lowest BCUT2D eigenvalue weighted by Crippen LogP contribution is -2.37.